The lowest BCUT2D eigenvalue weighted by atomic mass is 10.2. The van der Waals surface area contributed by atoms with Crippen molar-refractivity contribution in [2.24, 2.45) is 0 Å². The molecule has 3 heterocycles. The first-order chi connectivity index (χ1) is 12.9. The van der Waals surface area contributed by atoms with Gasteiger partial charge in [0.25, 0.3) is 5.95 Å². The highest BCUT2D eigenvalue weighted by Crippen LogP contribution is 2.39. The van der Waals surface area contributed by atoms with Gasteiger partial charge in [-0.15, -0.1) is 11.3 Å². The van der Waals surface area contributed by atoms with Crippen LogP contribution < -0.4 is 5.32 Å². The second-order valence-corrected chi connectivity index (χ2v) is 6.66. The number of aromatic nitrogens is 4. The molecule has 0 fully saturated rings. The fourth-order valence-electron chi connectivity index (χ4n) is 2.46. The van der Waals surface area contributed by atoms with Crippen molar-refractivity contribution in [1.29, 1.82) is 0 Å². The number of thiophene rings is 1. The minimum atomic E-state index is -4.47. The standard InChI is InChI=1S/C17H11F4N5S/c18-11-4-2-10(3-5-11)9-22-14-12-8-13(17(19,20)21)27-15(12)25-16(24-14)26-7-1-6-23-26/h1-8H,9H2,(H,22,24,25). The van der Waals surface area contributed by atoms with E-state index in [0.717, 1.165) is 11.6 Å². The molecule has 4 aromatic rings. The number of nitrogens with one attached hydrogen (secondary N) is 1. The van der Waals surface area contributed by atoms with Crippen LogP contribution in [0.5, 0.6) is 0 Å². The van der Waals surface area contributed by atoms with E-state index < -0.39 is 11.1 Å². The monoisotopic (exact) mass is 393 g/mol. The minimum Gasteiger partial charge on any atom is -0.365 e. The summed E-state index contributed by atoms with van der Waals surface area (Å²) >= 11 is 0.547. The lowest BCUT2D eigenvalue weighted by Crippen LogP contribution is -2.07. The summed E-state index contributed by atoms with van der Waals surface area (Å²) in [7, 11) is 0. The molecule has 0 unspecified atom stereocenters. The molecule has 10 heteroatoms. The van der Waals surface area contributed by atoms with Gasteiger partial charge < -0.3 is 5.32 Å². The summed E-state index contributed by atoms with van der Waals surface area (Å²) < 4.78 is 53.7. The Kier molecular flexibility index (Phi) is 4.27. The molecule has 1 N–H and O–H groups in total. The van der Waals surface area contributed by atoms with Gasteiger partial charge in [0.2, 0.25) is 0 Å². The first kappa shape index (κ1) is 17.4. The molecule has 0 amide bonds. The summed E-state index contributed by atoms with van der Waals surface area (Å²) in [6, 6.07) is 8.49. The van der Waals surface area contributed by atoms with Crippen LogP contribution in [0.2, 0.25) is 0 Å². The topological polar surface area (TPSA) is 55.6 Å². The molecule has 0 saturated heterocycles. The molecule has 5 nitrogen and oxygen atoms in total. The second kappa shape index (κ2) is 6.62. The van der Waals surface area contributed by atoms with Crippen LogP contribution in [0.1, 0.15) is 10.4 Å². The van der Waals surface area contributed by atoms with Crippen molar-refractivity contribution in [2.75, 3.05) is 5.32 Å². The largest absolute Gasteiger partial charge is 0.425 e. The van der Waals surface area contributed by atoms with E-state index in [1.54, 1.807) is 24.4 Å². The van der Waals surface area contributed by atoms with Crippen LogP contribution in [0.25, 0.3) is 16.2 Å². The first-order valence-electron chi connectivity index (χ1n) is 7.77. The van der Waals surface area contributed by atoms with Crippen LogP contribution in [0.15, 0.2) is 48.8 Å². The SMILES string of the molecule is Fc1ccc(CNc2nc(-n3cccn3)nc3sc(C(F)(F)F)cc23)cc1. The first-order valence-corrected chi connectivity index (χ1v) is 8.59. The Morgan fingerprint density at radius 2 is 1.89 bits per heavy atom. The molecule has 3 aromatic heterocycles. The molecule has 0 radical (unpaired) electrons. The molecule has 0 aliphatic rings. The number of alkyl halides is 3. The second-order valence-electron chi connectivity index (χ2n) is 5.63. The molecule has 0 bridgehead atoms. The van der Waals surface area contributed by atoms with E-state index in [9.17, 15) is 17.6 Å². The maximum absolute atomic E-state index is 13.1. The predicted octanol–water partition coefficient (Wildman–Crippen LogP) is 4.65. The number of anilines is 1. The van der Waals surface area contributed by atoms with Gasteiger partial charge >= 0.3 is 6.18 Å². The van der Waals surface area contributed by atoms with Gasteiger partial charge in [0.15, 0.2) is 0 Å². The molecule has 0 aliphatic carbocycles. The van der Waals surface area contributed by atoms with Crippen molar-refractivity contribution in [1.82, 2.24) is 19.7 Å². The molecule has 0 spiro atoms. The zero-order chi connectivity index (χ0) is 19.0. The average molecular weight is 393 g/mol. The third-order valence-electron chi connectivity index (χ3n) is 3.74. The van der Waals surface area contributed by atoms with Crippen molar-refractivity contribution < 1.29 is 17.6 Å². The fourth-order valence-corrected chi connectivity index (χ4v) is 3.36. The summed E-state index contributed by atoms with van der Waals surface area (Å²) in [5, 5.41) is 7.31. The molecule has 0 saturated carbocycles. The number of rotatable bonds is 4. The van der Waals surface area contributed by atoms with Crippen molar-refractivity contribution in [2.45, 2.75) is 12.7 Å². The Morgan fingerprint density at radius 1 is 1.11 bits per heavy atom. The molecule has 138 valence electrons. The van der Waals surface area contributed by atoms with Gasteiger partial charge in [0.1, 0.15) is 21.3 Å². The molecule has 4 rings (SSSR count). The lowest BCUT2D eigenvalue weighted by Gasteiger charge is -2.09. The van der Waals surface area contributed by atoms with Crippen molar-refractivity contribution in [3.8, 4) is 5.95 Å². The highest BCUT2D eigenvalue weighted by molar-refractivity contribution is 7.18. The van der Waals surface area contributed by atoms with Crippen LogP contribution in [0.3, 0.4) is 0 Å². The van der Waals surface area contributed by atoms with E-state index in [-0.39, 0.29) is 34.3 Å². The highest BCUT2D eigenvalue weighted by atomic mass is 32.1. The summed E-state index contributed by atoms with van der Waals surface area (Å²) in [5.74, 6) is 0.0445. The minimum absolute atomic E-state index is 0.157. The molecular formula is C17H11F4N5S. The molecule has 1 aromatic carbocycles. The summed E-state index contributed by atoms with van der Waals surface area (Å²) in [6.45, 7) is 0.266. The number of fused-ring (bicyclic) bond motifs is 1. The molecular weight excluding hydrogens is 382 g/mol. The van der Waals surface area contributed by atoms with Crippen molar-refractivity contribution >= 4 is 27.4 Å². The number of benzene rings is 1. The maximum Gasteiger partial charge on any atom is 0.425 e. The third-order valence-corrected chi connectivity index (χ3v) is 4.82. The van der Waals surface area contributed by atoms with Crippen LogP contribution >= 0.6 is 11.3 Å². The van der Waals surface area contributed by atoms with Gasteiger partial charge in [0.05, 0.1) is 5.39 Å². The number of nitrogens with zero attached hydrogens (tertiary/aromatic N) is 4. The Morgan fingerprint density at radius 3 is 2.56 bits per heavy atom. The third kappa shape index (κ3) is 3.61. The van der Waals surface area contributed by atoms with Gasteiger partial charge in [-0.2, -0.15) is 28.2 Å². The smallest absolute Gasteiger partial charge is 0.365 e. The van der Waals surface area contributed by atoms with E-state index in [1.165, 1.54) is 23.0 Å². The normalized spacial score (nSPS) is 11.9. The van der Waals surface area contributed by atoms with Gasteiger partial charge in [-0.25, -0.2) is 9.07 Å². The van der Waals surface area contributed by atoms with Gasteiger partial charge in [-0.3, -0.25) is 0 Å². The summed E-state index contributed by atoms with van der Waals surface area (Å²) in [5.41, 5.74) is 0.759. The van der Waals surface area contributed by atoms with E-state index in [0.29, 0.717) is 11.3 Å². The Labute approximate surface area is 154 Å². The Hall–Kier alpha value is -3.01. The van der Waals surface area contributed by atoms with Crippen LogP contribution in [0.4, 0.5) is 23.4 Å². The van der Waals surface area contributed by atoms with Gasteiger partial charge in [-0.1, -0.05) is 12.1 Å². The van der Waals surface area contributed by atoms with E-state index in [4.69, 9.17) is 0 Å². The fraction of sp³-hybridized carbons (Fsp3) is 0.118. The average Bonchev–Trinajstić information content (AvgIpc) is 3.30. The van der Waals surface area contributed by atoms with Crippen molar-refractivity contribution in [3.05, 3.63) is 65.0 Å². The zero-order valence-corrected chi connectivity index (χ0v) is 14.4. The number of hydrogen-bond donors (Lipinski definition) is 1. The molecule has 0 aliphatic heterocycles. The van der Waals surface area contributed by atoms with E-state index in [1.807, 2.05) is 0 Å². The highest BCUT2D eigenvalue weighted by Gasteiger charge is 2.33. The van der Waals surface area contributed by atoms with Crippen LogP contribution in [-0.2, 0) is 12.7 Å². The Bertz CT molecular complexity index is 1070. The number of halogens is 4. The number of hydrogen-bond acceptors (Lipinski definition) is 5. The summed E-state index contributed by atoms with van der Waals surface area (Å²) in [6.07, 6.45) is -1.34. The summed E-state index contributed by atoms with van der Waals surface area (Å²) in [4.78, 5) is 7.96. The van der Waals surface area contributed by atoms with Gasteiger partial charge in [-0.05, 0) is 29.8 Å². The molecule has 27 heavy (non-hydrogen) atoms. The van der Waals surface area contributed by atoms with Gasteiger partial charge in [0, 0.05) is 18.9 Å². The van der Waals surface area contributed by atoms with E-state index >= 15 is 0 Å². The predicted molar refractivity (Wildman–Crippen MR) is 93.3 cm³/mol. The van der Waals surface area contributed by atoms with Crippen molar-refractivity contribution in [3.63, 3.8) is 0 Å². The maximum atomic E-state index is 13.1. The van der Waals surface area contributed by atoms with Crippen LogP contribution in [0, 0.1) is 5.82 Å². The lowest BCUT2D eigenvalue weighted by molar-refractivity contribution is -0.134. The Balaban J connectivity index is 1.75. The van der Waals surface area contributed by atoms with E-state index in [2.05, 4.69) is 20.4 Å². The zero-order valence-electron chi connectivity index (χ0n) is 13.5. The van der Waals surface area contributed by atoms with Crippen LogP contribution in [-0.4, -0.2) is 19.7 Å². The quantitative estimate of drug-likeness (QED) is 0.513. The molecule has 0 atom stereocenters.